The molecule has 0 spiro atoms. The summed E-state index contributed by atoms with van der Waals surface area (Å²) >= 11 is 0. The van der Waals surface area contributed by atoms with Gasteiger partial charge in [0.1, 0.15) is 0 Å². The average Bonchev–Trinajstić information content (AvgIpc) is 2.26. The van der Waals surface area contributed by atoms with Crippen LogP contribution in [0.3, 0.4) is 0 Å². The van der Waals surface area contributed by atoms with Crippen LogP contribution in [0.5, 0.6) is 0 Å². The number of carbonyl (C=O) groups excluding carboxylic acids is 3. The first-order valence-corrected chi connectivity index (χ1v) is 3.76. The second kappa shape index (κ2) is 6.48. The molecule has 0 unspecified atom stereocenters. The molecule has 0 saturated heterocycles. The standard InChI is InChI=1S/C6H12N6O3/c7-10-4(13)1-3(6(15)12-9)2-5(14)11-8/h1H,2,7-9H2,(H,10,13)(H,11,14)(H,12,15)/b3-1-. The SMILES string of the molecule is NNC(=O)/C=C(/CC(=O)NN)C(=O)NN. The van der Waals surface area contributed by atoms with Crippen molar-refractivity contribution in [3.63, 3.8) is 0 Å². The molecule has 0 aromatic heterocycles. The largest absolute Gasteiger partial charge is 0.294 e. The van der Waals surface area contributed by atoms with Crippen molar-refractivity contribution in [1.29, 1.82) is 0 Å². The molecular weight excluding hydrogens is 204 g/mol. The van der Waals surface area contributed by atoms with E-state index in [2.05, 4.69) is 0 Å². The van der Waals surface area contributed by atoms with Crippen LogP contribution in [0.15, 0.2) is 11.6 Å². The second-order valence-corrected chi connectivity index (χ2v) is 2.40. The summed E-state index contributed by atoms with van der Waals surface area (Å²) in [5, 5.41) is 0. The maximum absolute atomic E-state index is 11.1. The lowest BCUT2D eigenvalue weighted by Gasteiger charge is -2.04. The number of hydrazine groups is 3. The van der Waals surface area contributed by atoms with E-state index < -0.39 is 17.7 Å². The molecule has 0 radical (unpaired) electrons. The maximum atomic E-state index is 11.1. The van der Waals surface area contributed by atoms with Gasteiger partial charge in [0.05, 0.1) is 6.42 Å². The average molecular weight is 216 g/mol. The van der Waals surface area contributed by atoms with E-state index in [0.717, 1.165) is 6.08 Å². The Morgan fingerprint density at radius 2 is 1.60 bits per heavy atom. The van der Waals surface area contributed by atoms with Crippen LogP contribution in [0.4, 0.5) is 0 Å². The first-order chi connectivity index (χ1) is 7.04. The molecule has 9 N–H and O–H groups in total. The van der Waals surface area contributed by atoms with Gasteiger partial charge in [0.15, 0.2) is 0 Å². The van der Waals surface area contributed by atoms with E-state index >= 15 is 0 Å². The Morgan fingerprint density at radius 3 is 2.00 bits per heavy atom. The molecular formula is C6H12N6O3. The number of rotatable bonds is 4. The summed E-state index contributed by atoms with van der Waals surface area (Å²) in [6.07, 6.45) is 0.463. The van der Waals surface area contributed by atoms with Gasteiger partial charge in [0.25, 0.3) is 11.8 Å². The van der Waals surface area contributed by atoms with Gasteiger partial charge in [-0.25, -0.2) is 17.5 Å². The molecule has 0 aliphatic carbocycles. The molecule has 0 aromatic rings. The molecule has 9 heteroatoms. The summed E-state index contributed by atoms with van der Waals surface area (Å²) in [5.74, 6) is 12.3. The Labute approximate surface area is 84.9 Å². The molecule has 0 heterocycles. The van der Waals surface area contributed by atoms with Gasteiger partial charge in [-0.2, -0.15) is 0 Å². The van der Waals surface area contributed by atoms with E-state index in [4.69, 9.17) is 17.5 Å². The number of carbonyl (C=O) groups is 3. The van der Waals surface area contributed by atoms with E-state index in [9.17, 15) is 14.4 Å². The van der Waals surface area contributed by atoms with Crippen LogP contribution in [-0.4, -0.2) is 17.7 Å². The zero-order chi connectivity index (χ0) is 11.8. The molecule has 0 rings (SSSR count). The fourth-order valence-corrected chi connectivity index (χ4v) is 0.713. The van der Waals surface area contributed by atoms with Crippen molar-refractivity contribution in [3.8, 4) is 0 Å². The number of nitrogens with two attached hydrogens (primary N) is 3. The van der Waals surface area contributed by atoms with Crippen LogP contribution >= 0.6 is 0 Å². The third kappa shape index (κ3) is 4.71. The predicted octanol–water partition coefficient (Wildman–Crippen LogP) is -3.73. The monoisotopic (exact) mass is 216 g/mol. The van der Waals surface area contributed by atoms with Crippen molar-refractivity contribution in [3.05, 3.63) is 11.6 Å². The Kier molecular flexibility index (Phi) is 5.63. The maximum Gasteiger partial charge on any atom is 0.261 e. The molecule has 3 amide bonds. The zero-order valence-corrected chi connectivity index (χ0v) is 7.74. The van der Waals surface area contributed by atoms with Crippen LogP contribution in [0.2, 0.25) is 0 Å². The van der Waals surface area contributed by atoms with Crippen molar-refractivity contribution >= 4 is 17.7 Å². The van der Waals surface area contributed by atoms with Crippen LogP contribution in [0.25, 0.3) is 0 Å². The van der Waals surface area contributed by atoms with Gasteiger partial charge in [0, 0.05) is 11.6 Å². The highest BCUT2D eigenvalue weighted by atomic mass is 16.2. The Hall–Kier alpha value is -1.97. The first kappa shape index (κ1) is 13.0. The quantitative estimate of drug-likeness (QED) is 0.122. The highest BCUT2D eigenvalue weighted by Crippen LogP contribution is 2.00. The van der Waals surface area contributed by atoms with Gasteiger partial charge in [-0.15, -0.1) is 0 Å². The van der Waals surface area contributed by atoms with Crippen molar-refractivity contribution in [2.45, 2.75) is 6.42 Å². The summed E-state index contributed by atoms with van der Waals surface area (Å²) < 4.78 is 0. The van der Waals surface area contributed by atoms with Crippen molar-refractivity contribution in [2.24, 2.45) is 17.5 Å². The molecule has 15 heavy (non-hydrogen) atoms. The molecule has 0 aliphatic rings. The lowest BCUT2D eigenvalue weighted by atomic mass is 10.1. The van der Waals surface area contributed by atoms with E-state index in [1.807, 2.05) is 0 Å². The van der Waals surface area contributed by atoms with Crippen LogP contribution in [0, 0.1) is 0 Å². The van der Waals surface area contributed by atoms with Gasteiger partial charge in [-0.05, 0) is 0 Å². The molecule has 0 aliphatic heterocycles. The summed E-state index contributed by atoms with van der Waals surface area (Å²) in [7, 11) is 0. The Morgan fingerprint density at radius 1 is 1.00 bits per heavy atom. The normalized spacial score (nSPS) is 10.5. The summed E-state index contributed by atoms with van der Waals surface area (Å²) in [6.45, 7) is 0. The fraction of sp³-hybridized carbons (Fsp3) is 0.167. The molecule has 0 atom stereocenters. The molecule has 0 fully saturated rings. The van der Waals surface area contributed by atoms with E-state index in [1.54, 1.807) is 16.3 Å². The van der Waals surface area contributed by atoms with E-state index in [1.165, 1.54) is 0 Å². The van der Waals surface area contributed by atoms with Crippen molar-refractivity contribution < 1.29 is 14.4 Å². The van der Waals surface area contributed by atoms with Crippen molar-refractivity contribution in [2.75, 3.05) is 0 Å². The molecule has 9 nitrogen and oxygen atoms in total. The molecule has 0 saturated carbocycles. The van der Waals surface area contributed by atoms with E-state index in [-0.39, 0.29) is 12.0 Å². The number of nitrogens with one attached hydrogen (secondary N) is 3. The minimum atomic E-state index is -0.776. The Balaban J connectivity index is 4.73. The summed E-state index contributed by atoms with van der Waals surface area (Å²) in [6, 6.07) is 0. The zero-order valence-electron chi connectivity index (χ0n) is 7.74. The van der Waals surface area contributed by atoms with Gasteiger partial charge >= 0.3 is 0 Å². The minimum Gasteiger partial charge on any atom is -0.294 e. The highest BCUT2D eigenvalue weighted by Gasteiger charge is 2.13. The fourth-order valence-electron chi connectivity index (χ4n) is 0.713. The summed E-state index contributed by atoms with van der Waals surface area (Å²) in [4.78, 5) is 32.7. The molecule has 0 bridgehead atoms. The second-order valence-electron chi connectivity index (χ2n) is 2.40. The minimum absolute atomic E-state index is 0.164. The van der Waals surface area contributed by atoms with Gasteiger partial charge < -0.3 is 0 Å². The predicted molar refractivity (Wildman–Crippen MR) is 49.7 cm³/mol. The van der Waals surface area contributed by atoms with Gasteiger partial charge in [0.2, 0.25) is 5.91 Å². The van der Waals surface area contributed by atoms with Gasteiger partial charge in [-0.3, -0.25) is 30.7 Å². The number of hydrogen-bond donors (Lipinski definition) is 6. The lowest BCUT2D eigenvalue weighted by Crippen LogP contribution is -2.37. The third-order valence-electron chi connectivity index (χ3n) is 1.38. The third-order valence-corrected chi connectivity index (χ3v) is 1.38. The Bertz CT molecular complexity index is 299. The topological polar surface area (TPSA) is 165 Å². The lowest BCUT2D eigenvalue weighted by molar-refractivity contribution is -0.123. The smallest absolute Gasteiger partial charge is 0.261 e. The van der Waals surface area contributed by atoms with Crippen LogP contribution < -0.4 is 33.8 Å². The van der Waals surface area contributed by atoms with Crippen LogP contribution in [-0.2, 0) is 14.4 Å². The van der Waals surface area contributed by atoms with Gasteiger partial charge in [-0.1, -0.05) is 0 Å². The molecule has 84 valence electrons. The number of amides is 3. The number of hydrogen-bond acceptors (Lipinski definition) is 6. The van der Waals surface area contributed by atoms with Crippen molar-refractivity contribution in [1.82, 2.24) is 16.3 Å². The van der Waals surface area contributed by atoms with E-state index in [0.29, 0.717) is 0 Å². The first-order valence-electron chi connectivity index (χ1n) is 3.76. The highest BCUT2D eigenvalue weighted by molar-refractivity contribution is 6.03. The summed E-state index contributed by atoms with van der Waals surface area (Å²) in [5.41, 5.74) is 5.18. The molecule has 0 aromatic carbocycles. The van der Waals surface area contributed by atoms with Crippen LogP contribution in [0.1, 0.15) is 6.42 Å².